The molecule has 0 radical (unpaired) electrons. The Morgan fingerprint density at radius 2 is 2.00 bits per heavy atom. The lowest BCUT2D eigenvalue weighted by molar-refractivity contribution is -0.114. The highest BCUT2D eigenvalue weighted by Gasteiger charge is 2.13. The van der Waals surface area contributed by atoms with Crippen LogP contribution in [-0.2, 0) is 18.4 Å². The van der Waals surface area contributed by atoms with Crippen molar-refractivity contribution in [2.45, 2.75) is 33.2 Å². The van der Waals surface area contributed by atoms with Crippen molar-refractivity contribution in [3.05, 3.63) is 41.5 Å². The monoisotopic (exact) mass is 315 g/mol. The molecule has 0 fully saturated rings. The van der Waals surface area contributed by atoms with Gasteiger partial charge in [0, 0.05) is 31.1 Å². The molecule has 0 unspecified atom stereocenters. The minimum atomic E-state index is -0.230. The molecule has 23 heavy (non-hydrogen) atoms. The molecular weight excluding hydrogens is 294 g/mol. The molecule has 0 spiro atoms. The fourth-order valence-corrected chi connectivity index (χ4v) is 2.23. The zero-order chi connectivity index (χ0) is 17.0. The third-order valence-corrected chi connectivity index (χ3v) is 3.37. The molecule has 2 amide bonds. The van der Waals surface area contributed by atoms with E-state index < -0.39 is 0 Å². The number of hydrogen-bond donors (Lipinski definition) is 2. The molecule has 0 atom stereocenters. The number of carbonyl (C=O) groups is 2. The molecule has 7 nitrogen and oxygen atoms in total. The number of carbonyl (C=O) groups excluding carboxylic acids is 2. The Morgan fingerprint density at radius 1 is 1.26 bits per heavy atom. The summed E-state index contributed by atoms with van der Waals surface area (Å²) in [5.41, 5.74) is 1.06. The number of rotatable bonds is 5. The van der Waals surface area contributed by atoms with E-state index in [0.29, 0.717) is 23.6 Å². The van der Waals surface area contributed by atoms with Crippen molar-refractivity contribution >= 4 is 17.5 Å². The Kier molecular flexibility index (Phi) is 5.10. The smallest absolute Gasteiger partial charge is 0.251 e. The first-order valence-electron chi connectivity index (χ1n) is 7.42. The predicted molar refractivity (Wildman–Crippen MR) is 87.0 cm³/mol. The third-order valence-electron chi connectivity index (χ3n) is 3.37. The van der Waals surface area contributed by atoms with Gasteiger partial charge in [0.05, 0.1) is 6.54 Å². The van der Waals surface area contributed by atoms with E-state index in [1.54, 1.807) is 24.3 Å². The fourth-order valence-electron chi connectivity index (χ4n) is 2.23. The highest BCUT2D eigenvalue weighted by Crippen LogP contribution is 2.12. The summed E-state index contributed by atoms with van der Waals surface area (Å²) in [5, 5.41) is 13.7. The van der Waals surface area contributed by atoms with Crippen LogP contribution in [0.2, 0.25) is 0 Å². The maximum Gasteiger partial charge on any atom is 0.251 e. The maximum absolute atomic E-state index is 12.2. The summed E-state index contributed by atoms with van der Waals surface area (Å²) in [6.07, 6.45) is 0. The number of nitrogens with one attached hydrogen (secondary N) is 2. The number of anilines is 1. The van der Waals surface area contributed by atoms with Crippen molar-refractivity contribution < 1.29 is 9.59 Å². The van der Waals surface area contributed by atoms with Gasteiger partial charge in [-0.05, 0) is 18.2 Å². The van der Waals surface area contributed by atoms with Gasteiger partial charge in [-0.2, -0.15) is 0 Å². The molecule has 0 aliphatic carbocycles. The average molecular weight is 315 g/mol. The second-order valence-corrected chi connectivity index (χ2v) is 5.63. The van der Waals surface area contributed by atoms with E-state index >= 15 is 0 Å². The summed E-state index contributed by atoms with van der Waals surface area (Å²) in [6.45, 7) is 5.80. The highest BCUT2D eigenvalue weighted by atomic mass is 16.2. The van der Waals surface area contributed by atoms with Gasteiger partial charge in [-0.3, -0.25) is 9.59 Å². The van der Waals surface area contributed by atoms with E-state index in [2.05, 4.69) is 20.8 Å². The standard InChI is InChI=1S/C16H21N5O2/c1-10(2)15-20-19-14(21(15)4)9-17-16(23)12-6-5-7-13(8-12)18-11(3)22/h5-8,10H,9H2,1-4H3,(H,17,23)(H,18,22). The second kappa shape index (κ2) is 7.04. The molecule has 122 valence electrons. The molecule has 1 aromatic carbocycles. The van der Waals surface area contributed by atoms with Crippen LogP contribution >= 0.6 is 0 Å². The van der Waals surface area contributed by atoms with E-state index in [-0.39, 0.29) is 17.7 Å². The molecular formula is C16H21N5O2. The summed E-state index contributed by atoms with van der Waals surface area (Å²) < 4.78 is 1.89. The topological polar surface area (TPSA) is 88.9 Å². The van der Waals surface area contributed by atoms with Gasteiger partial charge in [0.15, 0.2) is 5.82 Å². The largest absolute Gasteiger partial charge is 0.345 e. The van der Waals surface area contributed by atoms with Crippen molar-refractivity contribution in [1.29, 1.82) is 0 Å². The Morgan fingerprint density at radius 3 is 2.61 bits per heavy atom. The Labute approximate surface area is 135 Å². The van der Waals surface area contributed by atoms with E-state index in [0.717, 1.165) is 5.82 Å². The second-order valence-electron chi connectivity index (χ2n) is 5.63. The average Bonchev–Trinajstić information content (AvgIpc) is 2.85. The zero-order valence-electron chi connectivity index (χ0n) is 13.8. The van der Waals surface area contributed by atoms with Gasteiger partial charge in [0.1, 0.15) is 5.82 Å². The molecule has 0 bridgehead atoms. The number of hydrogen-bond acceptors (Lipinski definition) is 4. The van der Waals surface area contributed by atoms with Crippen molar-refractivity contribution in [1.82, 2.24) is 20.1 Å². The molecule has 2 aromatic rings. The molecule has 7 heteroatoms. The minimum Gasteiger partial charge on any atom is -0.345 e. The SMILES string of the molecule is CC(=O)Nc1cccc(C(=O)NCc2nnc(C(C)C)n2C)c1. The summed E-state index contributed by atoms with van der Waals surface area (Å²) in [4.78, 5) is 23.3. The van der Waals surface area contributed by atoms with Crippen LogP contribution in [0.15, 0.2) is 24.3 Å². The van der Waals surface area contributed by atoms with Crippen LogP contribution in [-0.4, -0.2) is 26.6 Å². The van der Waals surface area contributed by atoms with Crippen LogP contribution in [0.25, 0.3) is 0 Å². The van der Waals surface area contributed by atoms with Crippen LogP contribution in [0.4, 0.5) is 5.69 Å². The van der Waals surface area contributed by atoms with Crippen molar-refractivity contribution in [3.63, 3.8) is 0 Å². The predicted octanol–water partition coefficient (Wildman–Crippen LogP) is 1.83. The lowest BCUT2D eigenvalue weighted by Crippen LogP contribution is -2.24. The first kappa shape index (κ1) is 16.7. The van der Waals surface area contributed by atoms with Crippen molar-refractivity contribution in [3.8, 4) is 0 Å². The van der Waals surface area contributed by atoms with Gasteiger partial charge in [-0.15, -0.1) is 10.2 Å². The van der Waals surface area contributed by atoms with Crippen LogP contribution in [0.5, 0.6) is 0 Å². The van der Waals surface area contributed by atoms with Crippen molar-refractivity contribution in [2.24, 2.45) is 7.05 Å². The Bertz CT molecular complexity index is 721. The van der Waals surface area contributed by atoms with Gasteiger partial charge in [-0.1, -0.05) is 19.9 Å². The quantitative estimate of drug-likeness (QED) is 0.881. The van der Waals surface area contributed by atoms with E-state index in [1.165, 1.54) is 6.92 Å². The Balaban J connectivity index is 2.04. The molecule has 2 rings (SSSR count). The number of benzene rings is 1. The van der Waals surface area contributed by atoms with Crippen LogP contribution < -0.4 is 10.6 Å². The van der Waals surface area contributed by atoms with Crippen molar-refractivity contribution in [2.75, 3.05) is 5.32 Å². The molecule has 1 heterocycles. The fraction of sp³-hybridized carbons (Fsp3) is 0.375. The highest BCUT2D eigenvalue weighted by molar-refractivity contribution is 5.96. The summed E-state index contributed by atoms with van der Waals surface area (Å²) in [6, 6.07) is 6.78. The first-order valence-corrected chi connectivity index (χ1v) is 7.42. The van der Waals surface area contributed by atoms with Gasteiger partial charge < -0.3 is 15.2 Å². The maximum atomic E-state index is 12.2. The van der Waals surface area contributed by atoms with Gasteiger partial charge in [0.25, 0.3) is 5.91 Å². The summed E-state index contributed by atoms with van der Waals surface area (Å²) in [5.74, 6) is 1.43. The molecule has 0 aliphatic heterocycles. The lowest BCUT2D eigenvalue weighted by atomic mass is 10.2. The van der Waals surface area contributed by atoms with Crippen LogP contribution in [0.3, 0.4) is 0 Å². The number of nitrogens with zero attached hydrogens (tertiary/aromatic N) is 3. The number of amides is 2. The summed E-state index contributed by atoms with van der Waals surface area (Å²) >= 11 is 0. The van der Waals surface area contributed by atoms with E-state index in [9.17, 15) is 9.59 Å². The van der Waals surface area contributed by atoms with Crippen LogP contribution in [0, 0.1) is 0 Å². The molecule has 0 aliphatic rings. The minimum absolute atomic E-state index is 0.178. The first-order chi connectivity index (χ1) is 10.9. The van der Waals surface area contributed by atoms with Gasteiger partial charge in [0.2, 0.25) is 5.91 Å². The van der Waals surface area contributed by atoms with Crippen LogP contribution in [0.1, 0.15) is 48.7 Å². The molecule has 2 N–H and O–H groups in total. The third kappa shape index (κ3) is 4.15. The van der Waals surface area contributed by atoms with E-state index in [1.807, 2.05) is 25.5 Å². The lowest BCUT2D eigenvalue weighted by Gasteiger charge is -2.08. The molecule has 0 saturated heterocycles. The zero-order valence-corrected chi connectivity index (χ0v) is 13.8. The van der Waals surface area contributed by atoms with Gasteiger partial charge in [-0.25, -0.2) is 0 Å². The molecule has 1 aromatic heterocycles. The Hall–Kier alpha value is -2.70. The van der Waals surface area contributed by atoms with E-state index in [4.69, 9.17) is 0 Å². The normalized spacial score (nSPS) is 10.7. The number of aromatic nitrogens is 3. The summed E-state index contributed by atoms with van der Waals surface area (Å²) in [7, 11) is 1.88. The van der Waals surface area contributed by atoms with Gasteiger partial charge >= 0.3 is 0 Å². The molecule has 0 saturated carbocycles.